The van der Waals surface area contributed by atoms with Crippen molar-refractivity contribution in [3.05, 3.63) is 51.1 Å². The average molecular weight is 264 g/mol. The molecule has 18 heavy (non-hydrogen) atoms. The van der Waals surface area contributed by atoms with Crippen LogP contribution in [0.3, 0.4) is 0 Å². The van der Waals surface area contributed by atoms with Crippen molar-refractivity contribution in [2.24, 2.45) is 13.7 Å². The van der Waals surface area contributed by atoms with E-state index < -0.39 is 10.6 Å². The number of fused-ring (bicyclic) bond motifs is 1. The molecule has 0 radical (unpaired) electrons. The molecule has 2 N–H and O–H groups in total. The van der Waals surface area contributed by atoms with Crippen molar-refractivity contribution in [3.8, 4) is 0 Å². The maximum absolute atomic E-state index is 10.7. The molecule has 2 rings (SSSR count). The summed E-state index contributed by atoms with van der Waals surface area (Å²) in [6, 6.07) is 9.66. The van der Waals surface area contributed by atoms with Crippen molar-refractivity contribution >= 4 is 27.0 Å². The Morgan fingerprint density at radius 2 is 1.39 bits per heavy atom. The molecule has 0 heterocycles. The summed E-state index contributed by atoms with van der Waals surface area (Å²) in [5.74, 6) is 0. The Kier molecular flexibility index (Phi) is 3.02. The fourth-order valence-corrected chi connectivity index (χ4v) is 2.46. The van der Waals surface area contributed by atoms with Gasteiger partial charge in [0.05, 0.1) is 4.90 Å². The summed E-state index contributed by atoms with van der Waals surface area (Å²) in [7, 11) is -3.41. The van der Waals surface area contributed by atoms with Gasteiger partial charge in [-0.05, 0) is 35.0 Å². The lowest BCUT2D eigenvalue weighted by atomic mass is 10.1. The second kappa shape index (κ2) is 4.49. The van der Waals surface area contributed by atoms with E-state index in [0.717, 1.165) is 10.8 Å². The molecule has 0 spiro atoms. The van der Waals surface area contributed by atoms with E-state index in [4.69, 9.17) is 5.73 Å². The van der Waals surface area contributed by atoms with Crippen LogP contribution in [0.4, 0.5) is 5.69 Å². The summed E-state index contributed by atoms with van der Waals surface area (Å²) in [4.78, 5) is 32.1. The fourth-order valence-electron chi connectivity index (χ4n) is 1.58. The monoisotopic (exact) mass is 264 g/mol. The predicted molar refractivity (Wildman–Crippen MR) is 71.6 cm³/mol. The Morgan fingerprint density at radius 3 is 2.00 bits per heavy atom. The first-order valence-corrected chi connectivity index (χ1v) is 6.32. The van der Waals surface area contributed by atoms with Crippen LogP contribution >= 0.6 is 10.6 Å². The number of nitrogens with two attached hydrogens (primary N) is 1. The molecule has 0 aliphatic heterocycles. The number of hydrogen-bond acceptors (Lipinski definition) is 7. The molecule has 2 aromatic carbocycles. The predicted octanol–water partition coefficient (Wildman–Crippen LogP) is 3.63. The number of rotatable bonds is 4. The van der Waals surface area contributed by atoms with Gasteiger partial charge in [-0.25, -0.2) is 0 Å². The highest BCUT2D eigenvalue weighted by Gasteiger charge is 2.31. The third kappa shape index (κ3) is 1.82. The van der Waals surface area contributed by atoms with Crippen LogP contribution in [0, 0.1) is 14.7 Å². The topological polar surface area (TPSA) is 114 Å². The molecule has 0 saturated carbocycles. The first kappa shape index (κ1) is 12.1. The number of nitrogens with zero attached hydrogens (tertiary/aromatic N) is 3. The van der Waals surface area contributed by atoms with Crippen LogP contribution in [0.5, 0.6) is 0 Å². The Balaban J connectivity index is 2.66. The van der Waals surface area contributed by atoms with Gasteiger partial charge < -0.3 is 5.73 Å². The molecule has 0 bridgehead atoms. The SMILES string of the molecule is Nc1ccc2cc(S(N=O)(N=O)N=O)ccc2c1. The molecule has 2 aromatic rings. The molecule has 0 unspecified atom stereocenters. The summed E-state index contributed by atoms with van der Waals surface area (Å²) in [6.45, 7) is 0. The van der Waals surface area contributed by atoms with Crippen LogP contribution in [0.2, 0.25) is 0 Å². The quantitative estimate of drug-likeness (QED) is 0.670. The lowest BCUT2D eigenvalue weighted by Crippen LogP contribution is -1.90. The number of anilines is 1. The van der Waals surface area contributed by atoms with Crippen molar-refractivity contribution in [3.63, 3.8) is 0 Å². The largest absolute Gasteiger partial charge is 0.399 e. The molecule has 92 valence electrons. The van der Waals surface area contributed by atoms with E-state index in [0.29, 0.717) is 5.69 Å². The van der Waals surface area contributed by atoms with Gasteiger partial charge in [-0.2, -0.15) is 0 Å². The average Bonchev–Trinajstić information content (AvgIpc) is 2.41. The zero-order valence-electron chi connectivity index (χ0n) is 9.02. The van der Waals surface area contributed by atoms with E-state index in [1.807, 2.05) is 0 Å². The molecule has 7 nitrogen and oxygen atoms in total. The summed E-state index contributed by atoms with van der Waals surface area (Å²) >= 11 is 0. The highest BCUT2D eigenvalue weighted by atomic mass is 32.3. The molecule has 0 atom stereocenters. The standard InChI is InChI=1S/C10H8N4O3S/c11-9-3-1-8-6-10(4-2-7(8)5-9)18(12-15,13-16)14-17/h1-6H,11H2. The lowest BCUT2D eigenvalue weighted by Gasteiger charge is -2.14. The third-order valence-corrected chi connectivity index (χ3v) is 3.97. The van der Waals surface area contributed by atoms with Crippen molar-refractivity contribution < 1.29 is 0 Å². The molecule has 0 aromatic heterocycles. The number of nitroso groups, excluding NO2 is 3. The smallest absolute Gasteiger partial charge is 0.197 e. The zero-order valence-corrected chi connectivity index (χ0v) is 9.83. The van der Waals surface area contributed by atoms with Crippen LogP contribution in [0.1, 0.15) is 0 Å². The number of nitrogen functional groups attached to an aromatic ring is 1. The van der Waals surface area contributed by atoms with Crippen molar-refractivity contribution in [2.45, 2.75) is 4.90 Å². The molecule has 0 aliphatic carbocycles. The van der Waals surface area contributed by atoms with Gasteiger partial charge in [-0.1, -0.05) is 12.1 Å². The Bertz CT molecular complexity index is 624. The van der Waals surface area contributed by atoms with Gasteiger partial charge in [0.25, 0.3) is 0 Å². The first-order valence-electron chi connectivity index (χ1n) is 4.81. The number of benzene rings is 2. The Morgan fingerprint density at radius 1 is 0.833 bits per heavy atom. The minimum absolute atomic E-state index is 0.111. The zero-order chi connectivity index (χ0) is 13.2. The van der Waals surface area contributed by atoms with Gasteiger partial charge in [0.2, 0.25) is 0 Å². The van der Waals surface area contributed by atoms with Crippen LogP contribution < -0.4 is 5.73 Å². The maximum Gasteiger partial charge on any atom is 0.197 e. The van der Waals surface area contributed by atoms with Crippen molar-refractivity contribution in [2.75, 3.05) is 5.73 Å². The van der Waals surface area contributed by atoms with E-state index in [-0.39, 0.29) is 4.90 Å². The van der Waals surface area contributed by atoms with Gasteiger partial charge in [0, 0.05) is 19.4 Å². The van der Waals surface area contributed by atoms with Crippen LogP contribution in [-0.4, -0.2) is 0 Å². The van der Waals surface area contributed by atoms with Gasteiger partial charge >= 0.3 is 0 Å². The molecule has 0 amide bonds. The maximum atomic E-state index is 10.7. The van der Waals surface area contributed by atoms with Crippen LogP contribution in [-0.2, 0) is 0 Å². The lowest BCUT2D eigenvalue weighted by molar-refractivity contribution is 1.39. The highest BCUT2D eigenvalue weighted by Crippen LogP contribution is 2.59. The second-order valence-corrected chi connectivity index (χ2v) is 5.47. The molecule has 0 saturated heterocycles. The van der Waals surface area contributed by atoms with Gasteiger partial charge in [-0.3, -0.25) is 0 Å². The fraction of sp³-hybridized carbons (Fsp3) is 0. The summed E-state index contributed by atoms with van der Waals surface area (Å²) in [5.41, 5.74) is 6.21. The van der Waals surface area contributed by atoms with E-state index in [1.165, 1.54) is 12.1 Å². The highest BCUT2D eigenvalue weighted by molar-refractivity contribution is 8.30. The number of hydrogen-bond donors (Lipinski definition) is 1. The third-order valence-electron chi connectivity index (χ3n) is 2.46. The van der Waals surface area contributed by atoms with E-state index in [1.54, 1.807) is 24.3 Å². The second-order valence-electron chi connectivity index (χ2n) is 3.51. The van der Waals surface area contributed by atoms with Gasteiger partial charge in [0.1, 0.15) is 0 Å². The Hall–Kier alpha value is -2.35. The molecular formula is C10H8N4O3S. The van der Waals surface area contributed by atoms with Crippen molar-refractivity contribution in [1.29, 1.82) is 0 Å². The van der Waals surface area contributed by atoms with Crippen LogP contribution in [0.15, 0.2) is 55.0 Å². The van der Waals surface area contributed by atoms with Crippen LogP contribution in [0.25, 0.3) is 10.8 Å². The minimum atomic E-state index is -3.41. The van der Waals surface area contributed by atoms with Gasteiger partial charge in [0.15, 0.2) is 10.6 Å². The first-order chi connectivity index (χ1) is 8.65. The van der Waals surface area contributed by atoms with Crippen molar-refractivity contribution in [1.82, 2.24) is 0 Å². The summed E-state index contributed by atoms with van der Waals surface area (Å²) in [5, 5.41) is 1.53. The summed E-state index contributed by atoms with van der Waals surface area (Å²) < 4.78 is 7.50. The van der Waals surface area contributed by atoms with E-state index >= 15 is 0 Å². The Labute approximate surface area is 103 Å². The van der Waals surface area contributed by atoms with E-state index in [2.05, 4.69) is 13.7 Å². The van der Waals surface area contributed by atoms with E-state index in [9.17, 15) is 14.7 Å². The molecular weight excluding hydrogens is 256 g/mol. The molecule has 0 aliphatic rings. The molecule has 0 fully saturated rings. The van der Waals surface area contributed by atoms with Gasteiger partial charge in [-0.15, -0.1) is 14.7 Å². The normalized spacial score (nSPS) is 12.0. The molecule has 8 heteroatoms. The summed E-state index contributed by atoms with van der Waals surface area (Å²) in [6.07, 6.45) is 0. The minimum Gasteiger partial charge on any atom is -0.399 e.